The summed E-state index contributed by atoms with van der Waals surface area (Å²) in [5, 5.41) is 9.09. The van der Waals surface area contributed by atoms with Gasteiger partial charge in [-0.2, -0.15) is 0 Å². The Kier molecular flexibility index (Phi) is 5.36. The van der Waals surface area contributed by atoms with Crippen LogP contribution in [-0.2, 0) is 22.0 Å². The summed E-state index contributed by atoms with van der Waals surface area (Å²) in [4.78, 5) is 15.6. The van der Waals surface area contributed by atoms with Gasteiger partial charge in [-0.25, -0.2) is 0 Å². The highest BCUT2D eigenvalue weighted by Gasteiger charge is 2.27. The van der Waals surface area contributed by atoms with E-state index in [1.807, 2.05) is 30.6 Å². The molecule has 3 nitrogen and oxygen atoms in total. The van der Waals surface area contributed by atoms with Gasteiger partial charge in [-0.05, 0) is 45.1 Å². The zero-order valence-electron chi connectivity index (χ0n) is 16.2. The molecule has 0 aliphatic heterocycles. The van der Waals surface area contributed by atoms with Crippen molar-refractivity contribution in [3.8, 4) is 11.1 Å². The van der Waals surface area contributed by atoms with Crippen LogP contribution in [0.2, 0.25) is 0 Å². The van der Waals surface area contributed by atoms with E-state index in [1.165, 1.54) is 16.7 Å². The average molecular weight is 339 g/mol. The van der Waals surface area contributed by atoms with Gasteiger partial charge in [-0.1, -0.05) is 65.8 Å². The number of carbonyl (C=O) groups is 1. The third-order valence-electron chi connectivity index (χ3n) is 4.46. The van der Waals surface area contributed by atoms with Gasteiger partial charge in [0.25, 0.3) is 0 Å². The maximum Gasteiger partial charge on any atom is 0.303 e. The number of nitrogens with zero attached hydrogens (tertiary/aromatic N) is 1. The van der Waals surface area contributed by atoms with Crippen molar-refractivity contribution in [2.24, 2.45) is 0 Å². The number of aliphatic carboxylic acids is 1. The van der Waals surface area contributed by atoms with Crippen LogP contribution in [0.15, 0.2) is 36.7 Å². The highest BCUT2D eigenvalue weighted by atomic mass is 16.4. The summed E-state index contributed by atoms with van der Waals surface area (Å²) in [6.07, 6.45) is 4.58. The van der Waals surface area contributed by atoms with Crippen LogP contribution in [0, 0.1) is 0 Å². The second-order valence-corrected chi connectivity index (χ2v) is 8.66. The SMILES string of the molecule is CC(C)(C)c1cncc(C(C)(C)C)c1-c1ccccc1CCC(=O)O. The molecule has 2 aromatic rings. The van der Waals surface area contributed by atoms with Gasteiger partial charge in [-0.3, -0.25) is 9.78 Å². The highest BCUT2D eigenvalue weighted by Crippen LogP contribution is 2.41. The van der Waals surface area contributed by atoms with Gasteiger partial charge in [-0.15, -0.1) is 0 Å². The third-order valence-corrected chi connectivity index (χ3v) is 4.46. The van der Waals surface area contributed by atoms with Gasteiger partial charge in [0.2, 0.25) is 0 Å². The van der Waals surface area contributed by atoms with Crippen LogP contribution < -0.4 is 0 Å². The molecule has 0 unspecified atom stereocenters. The molecular weight excluding hydrogens is 310 g/mol. The van der Waals surface area contributed by atoms with Crippen molar-refractivity contribution < 1.29 is 9.90 Å². The summed E-state index contributed by atoms with van der Waals surface area (Å²) < 4.78 is 0. The fourth-order valence-corrected chi connectivity index (χ4v) is 3.11. The number of pyridine rings is 1. The van der Waals surface area contributed by atoms with E-state index in [0.29, 0.717) is 6.42 Å². The van der Waals surface area contributed by atoms with Crippen LogP contribution in [0.5, 0.6) is 0 Å². The maximum atomic E-state index is 11.1. The zero-order chi connectivity index (χ0) is 18.8. The van der Waals surface area contributed by atoms with Gasteiger partial charge in [0, 0.05) is 18.8 Å². The van der Waals surface area contributed by atoms with Crippen molar-refractivity contribution in [2.75, 3.05) is 0 Å². The smallest absolute Gasteiger partial charge is 0.303 e. The molecule has 2 rings (SSSR count). The van der Waals surface area contributed by atoms with Crippen LogP contribution in [0.1, 0.15) is 64.7 Å². The quantitative estimate of drug-likeness (QED) is 0.815. The van der Waals surface area contributed by atoms with E-state index in [1.54, 1.807) is 0 Å². The summed E-state index contributed by atoms with van der Waals surface area (Å²) in [5.41, 5.74) is 5.70. The van der Waals surface area contributed by atoms with Gasteiger partial charge >= 0.3 is 5.97 Å². The fourth-order valence-electron chi connectivity index (χ4n) is 3.11. The lowest BCUT2D eigenvalue weighted by atomic mass is 9.75. The minimum absolute atomic E-state index is 0.0521. The maximum absolute atomic E-state index is 11.1. The Morgan fingerprint density at radius 1 is 0.960 bits per heavy atom. The normalized spacial score (nSPS) is 12.2. The van der Waals surface area contributed by atoms with E-state index < -0.39 is 5.97 Å². The lowest BCUT2D eigenvalue weighted by Gasteiger charge is -2.30. The molecule has 0 saturated heterocycles. The van der Waals surface area contributed by atoms with E-state index in [9.17, 15) is 4.79 Å². The molecule has 3 heteroatoms. The van der Waals surface area contributed by atoms with Crippen molar-refractivity contribution in [2.45, 2.75) is 65.2 Å². The van der Waals surface area contributed by atoms with Crippen molar-refractivity contribution >= 4 is 5.97 Å². The van der Waals surface area contributed by atoms with Crippen molar-refractivity contribution in [3.05, 3.63) is 53.3 Å². The van der Waals surface area contributed by atoms with E-state index >= 15 is 0 Å². The standard InChI is InChI=1S/C22H29NO2/c1-21(2,3)17-13-23-14-18(22(4,5)6)20(17)16-10-8-7-9-15(16)11-12-19(24)25/h7-10,13-14H,11-12H2,1-6H3,(H,24,25). The molecule has 1 aromatic carbocycles. The van der Waals surface area contributed by atoms with Gasteiger partial charge in [0.05, 0.1) is 0 Å². The Bertz CT molecular complexity index is 732. The van der Waals surface area contributed by atoms with E-state index in [-0.39, 0.29) is 17.3 Å². The monoisotopic (exact) mass is 339 g/mol. The topological polar surface area (TPSA) is 50.2 Å². The molecular formula is C22H29NO2. The van der Waals surface area contributed by atoms with Crippen LogP contribution >= 0.6 is 0 Å². The largest absolute Gasteiger partial charge is 0.481 e. The minimum atomic E-state index is -0.767. The summed E-state index contributed by atoms with van der Waals surface area (Å²) in [5.74, 6) is -0.767. The van der Waals surface area contributed by atoms with Gasteiger partial charge in [0.15, 0.2) is 0 Å². The van der Waals surface area contributed by atoms with E-state index in [4.69, 9.17) is 5.11 Å². The average Bonchev–Trinajstić information content (AvgIpc) is 2.50. The second-order valence-electron chi connectivity index (χ2n) is 8.66. The Morgan fingerprint density at radius 2 is 1.48 bits per heavy atom. The first-order valence-corrected chi connectivity index (χ1v) is 8.81. The molecule has 0 spiro atoms. The first-order valence-electron chi connectivity index (χ1n) is 8.81. The highest BCUT2D eigenvalue weighted by molar-refractivity contribution is 5.76. The molecule has 25 heavy (non-hydrogen) atoms. The summed E-state index contributed by atoms with van der Waals surface area (Å²) in [6, 6.07) is 8.16. The molecule has 0 fully saturated rings. The molecule has 0 saturated carbocycles. The molecule has 1 N–H and O–H groups in total. The van der Waals surface area contributed by atoms with Crippen LogP contribution in [0.3, 0.4) is 0 Å². The first-order chi connectivity index (χ1) is 11.5. The van der Waals surface area contributed by atoms with Crippen LogP contribution in [0.25, 0.3) is 11.1 Å². The molecule has 1 aromatic heterocycles. The Balaban J connectivity index is 2.76. The molecule has 0 radical (unpaired) electrons. The van der Waals surface area contributed by atoms with Crippen molar-refractivity contribution in [1.82, 2.24) is 4.98 Å². The number of aryl methyl sites for hydroxylation is 1. The lowest BCUT2D eigenvalue weighted by molar-refractivity contribution is -0.136. The predicted molar refractivity (Wildman–Crippen MR) is 103 cm³/mol. The molecule has 1 heterocycles. The van der Waals surface area contributed by atoms with Crippen molar-refractivity contribution in [1.29, 1.82) is 0 Å². The number of hydrogen-bond donors (Lipinski definition) is 1. The fraction of sp³-hybridized carbons (Fsp3) is 0.455. The Morgan fingerprint density at radius 3 is 1.96 bits per heavy atom. The third kappa shape index (κ3) is 4.47. The number of rotatable bonds is 4. The predicted octanol–water partition coefficient (Wildman–Crippen LogP) is 5.36. The van der Waals surface area contributed by atoms with Crippen LogP contribution in [-0.4, -0.2) is 16.1 Å². The molecule has 0 aliphatic rings. The number of carboxylic acid groups (broad SMARTS) is 1. The number of benzene rings is 1. The summed E-state index contributed by atoms with van der Waals surface area (Å²) in [6.45, 7) is 13.2. The second kappa shape index (κ2) is 6.99. The molecule has 0 atom stereocenters. The van der Waals surface area contributed by atoms with E-state index in [0.717, 1.165) is 11.1 Å². The summed E-state index contributed by atoms with van der Waals surface area (Å²) in [7, 11) is 0. The molecule has 0 amide bonds. The molecule has 0 aliphatic carbocycles. The van der Waals surface area contributed by atoms with Gasteiger partial charge in [0.1, 0.15) is 0 Å². The van der Waals surface area contributed by atoms with Crippen molar-refractivity contribution in [3.63, 3.8) is 0 Å². The molecule has 0 bridgehead atoms. The van der Waals surface area contributed by atoms with E-state index in [2.05, 4.69) is 52.6 Å². The number of aromatic nitrogens is 1. The van der Waals surface area contributed by atoms with Gasteiger partial charge < -0.3 is 5.11 Å². The Labute approximate surface area is 151 Å². The zero-order valence-corrected chi connectivity index (χ0v) is 16.2. The lowest BCUT2D eigenvalue weighted by Crippen LogP contribution is -2.20. The van der Waals surface area contributed by atoms with Crippen LogP contribution in [0.4, 0.5) is 0 Å². The number of carboxylic acids is 1. The first kappa shape index (κ1) is 19.2. The number of hydrogen-bond acceptors (Lipinski definition) is 2. The molecule has 134 valence electrons. The summed E-state index contributed by atoms with van der Waals surface area (Å²) >= 11 is 0. The minimum Gasteiger partial charge on any atom is -0.481 e. The Hall–Kier alpha value is -2.16.